The highest BCUT2D eigenvalue weighted by atomic mass is 19.1. The summed E-state index contributed by atoms with van der Waals surface area (Å²) in [5.74, 6) is -0.336. The van der Waals surface area contributed by atoms with E-state index in [1.807, 2.05) is 6.92 Å². The third-order valence-corrected chi connectivity index (χ3v) is 2.13. The highest BCUT2D eigenvalue weighted by Gasteiger charge is 2.32. The van der Waals surface area contributed by atoms with Gasteiger partial charge in [-0.3, -0.25) is 4.79 Å². The van der Waals surface area contributed by atoms with E-state index >= 15 is 0 Å². The predicted molar refractivity (Wildman–Crippen MR) is 50.2 cm³/mol. The maximum atomic E-state index is 12.3. The van der Waals surface area contributed by atoms with Crippen LogP contribution in [0.15, 0.2) is 0 Å². The molecule has 0 aliphatic heterocycles. The first-order chi connectivity index (χ1) is 5.75. The molecule has 0 aromatic rings. The molecule has 13 heavy (non-hydrogen) atoms. The first kappa shape index (κ1) is 12.4. The number of esters is 1. The van der Waals surface area contributed by atoms with Crippen LogP contribution in [0.1, 0.15) is 41.0 Å². The molecule has 0 atom stereocenters. The molecule has 0 bridgehead atoms. The van der Waals surface area contributed by atoms with Gasteiger partial charge in [0.25, 0.3) is 0 Å². The van der Waals surface area contributed by atoms with E-state index in [0.717, 1.165) is 0 Å². The first-order valence-electron chi connectivity index (χ1n) is 4.54. The van der Waals surface area contributed by atoms with Crippen molar-refractivity contribution in [3.05, 3.63) is 0 Å². The molecule has 2 nitrogen and oxygen atoms in total. The Hall–Kier alpha value is -0.600. The molecule has 0 aromatic heterocycles. The summed E-state index contributed by atoms with van der Waals surface area (Å²) in [6, 6.07) is 0. The van der Waals surface area contributed by atoms with Gasteiger partial charge in [-0.1, -0.05) is 6.92 Å². The Bertz CT molecular complexity index is 185. The van der Waals surface area contributed by atoms with E-state index in [2.05, 4.69) is 0 Å². The molecule has 0 radical (unpaired) electrons. The Labute approximate surface area is 79.5 Å². The van der Waals surface area contributed by atoms with Gasteiger partial charge < -0.3 is 4.74 Å². The topological polar surface area (TPSA) is 26.3 Å². The molecule has 0 aromatic carbocycles. The molecule has 0 unspecified atom stereocenters. The van der Waals surface area contributed by atoms with Crippen molar-refractivity contribution in [1.29, 1.82) is 0 Å². The molecule has 0 fully saturated rings. The van der Waals surface area contributed by atoms with E-state index < -0.39 is 17.7 Å². The van der Waals surface area contributed by atoms with E-state index in [1.54, 1.807) is 27.7 Å². The number of rotatable bonds is 4. The third kappa shape index (κ3) is 3.75. The van der Waals surface area contributed by atoms with E-state index in [-0.39, 0.29) is 5.97 Å². The molecular formula is C10H19FO2. The molecule has 0 heterocycles. The summed E-state index contributed by atoms with van der Waals surface area (Å²) >= 11 is 0. The molecule has 78 valence electrons. The fourth-order valence-corrected chi connectivity index (χ4v) is 0.561. The summed E-state index contributed by atoms with van der Waals surface area (Å²) in [5, 5.41) is 0. The van der Waals surface area contributed by atoms with E-state index in [0.29, 0.717) is 6.42 Å². The van der Waals surface area contributed by atoms with Crippen molar-refractivity contribution in [2.45, 2.75) is 46.6 Å². The summed E-state index contributed by atoms with van der Waals surface area (Å²) in [7, 11) is 0. The van der Waals surface area contributed by atoms with Gasteiger partial charge in [0.2, 0.25) is 0 Å². The third-order valence-electron chi connectivity index (χ3n) is 2.13. The molecule has 0 aliphatic rings. The van der Waals surface area contributed by atoms with Crippen molar-refractivity contribution in [2.24, 2.45) is 5.41 Å². The van der Waals surface area contributed by atoms with E-state index in [4.69, 9.17) is 4.74 Å². The molecule has 0 N–H and O–H groups in total. The van der Waals surface area contributed by atoms with Gasteiger partial charge in [-0.2, -0.15) is 0 Å². The Morgan fingerprint density at radius 1 is 1.31 bits per heavy atom. The van der Waals surface area contributed by atoms with Gasteiger partial charge in [0, 0.05) is 0 Å². The van der Waals surface area contributed by atoms with Crippen LogP contribution in [0.4, 0.5) is 4.39 Å². The number of ether oxygens (including phenoxy) is 1. The average Bonchev–Trinajstić information content (AvgIpc) is 2.04. The Morgan fingerprint density at radius 2 is 1.77 bits per heavy atom. The van der Waals surface area contributed by atoms with Crippen LogP contribution in [-0.2, 0) is 9.53 Å². The minimum absolute atomic E-state index is 0.336. The summed E-state index contributed by atoms with van der Waals surface area (Å²) in [5.41, 5.74) is -1.52. The number of carbonyl (C=O) groups excluding carboxylic acids is 1. The molecule has 0 saturated heterocycles. The lowest BCUT2D eigenvalue weighted by atomic mass is 9.90. The molecule has 0 rings (SSSR count). The minimum Gasteiger partial charge on any atom is -0.456 e. The number of carbonyl (C=O) groups is 1. The maximum absolute atomic E-state index is 12.3. The van der Waals surface area contributed by atoms with Crippen molar-refractivity contribution < 1.29 is 13.9 Å². The molecule has 3 heteroatoms. The smallest absolute Gasteiger partial charge is 0.312 e. The van der Waals surface area contributed by atoms with Gasteiger partial charge in [-0.25, -0.2) is 4.39 Å². The molecule has 0 saturated carbocycles. The Morgan fingerprint density at radius 3 is 2.08 bits per heavy atom. The summed E-state index contributed by atoms with van der Waals surface area (Å²) < 4.78 is 17.4. The highest BCUT2D eigenvalue weighted by Crippen LogP contribution is 2.24. The number of hydrogen-bond acceptors (Lipinski definition) is 2. The van der Waals surface area contributed by atoms with Gasteiger partial charge in [0.15, 0.2) is 0 Å². The van der Waals surface area contributed by atoms with Crippen molar-refractivity contribution in [3.8, 4) is 0 Å². The van der Waals surface area contributed by atoms with Crippen molar-refractivity contribution in [1.82, 2.24) is 0 Å². The lowest BCUT2D eigenvalue weighted by Crippen LogP contribution is -2.36. The van der Waals surface area contributed by atoms with Crippen LogP contribution in [0.25, 0.3) is 0 Å². The number of hydrogen-bond donors (Lipinski definition) is 0. The Balaban J connectivity index is 4.31. The second-order valence-electron chi connectivity index (χ2n) is 4.52. The van der Waals surface area contributed by atoms with E-state index in [9.17, 15) is 9.18 Å². The zero-order valence-electron chi connectivity index (χ0n) is 9.11. The van der Waals surface area contributed by atoms with Crippen LogP contribution in [-0.4, -0.2) is 18.2 Å². The second kappa shape index (κ2) is 4.07. The zero-order chi connectivity index (χ0) is 10.7. The SMILES string of the molecule is CCC(C)(C)C(=O)OC(C)(C)CF. The van der Waals surface area contributed by atoms with Crippen LogP contribution >= 0.6 is 0 Å². The van der Waals surface area contributed by atoms with Crippen LogP contribution in [0.5, 0.6) is 0 Å². The van der Waals surface area contributed by atoms with Gasteiger partial charge in [-0.15, -0.1) is 0 Å². The van der Waals surface area contributed by atoms with Crippen LogP contribution in [0.2, 0.25) is 0 Å². The van der Waals surface area contributed by atoms with Gasteiger partial charge in [0.1, 0.15) is 12.3 Å². The number of alkyl halides is 1. The standard InChI is InChI=1S/C10H19FO2/c1-6-9(2,3)8(12)13-10(4,5)7-11/h6-7H2,1-5H3. The molecular weight excluding hydrogens is 171 g/mol. The average molecular weight is 190 g/mol. The quantitative estimate of drug-likeness (QED) is 0.637. The first-order valence-corrected chi connectivity index (χ1v) is 4.54. The van der Waals surface area contributed by atoms with Crippen LogP contribution in [0.3, 0.4) is 0 Å². The summed E-state index contributed by atoms with van der Waals surface area (Å²) in [6.07, 6.45) is 0.689. The fraction of sp³-hybridized carbons (Fsp3) is 0.900. The highest BCUT2D eigenvalue weighted by molar-refractivity contribution is 5.76. The normalized spacial score (nSPS) is 12.8. The monoisotopic (exact) mass is 190 g/mol. The minimum atomic E-state index is -0.997. The van der Waals surface area contributed by atoms with Crippen molar-refractivity contribution in [3.63, 3.8) is 0 Å². The maximum Gasteiger partial charge on any atom is 0.312 e. The predicted octanol–water partition coefficient (Wildman–Crippen LogP) is 2.71. The summed E-state index contributed by atoms with van der Waals surface area (Å²) in [6.45, 7) is 7.98. The molecule has 0 spiro atoms. The Kier molecular flexibility index (Phi) is 3.88. The largest absolute Gasteiger partial charge is 0.456 e. The molecule has 0 amide bonds. The lowest BCUT2D eigenvalue weighted by molar-refractivity contribution is -0.168. The fourth-order valence-electron chi connectivity index (χ4n) is 0.561. The molecule has 0 aliphatic carbocycles. The second-order valence-corrected chi connectivity index (χ2v) is 4.52. The van der Waals surface area contributed by atoms with Crippen molar-refractivity contribution >= 4 is 5.97 Å². The van der Waals surface area contributed by atoms with Crippen LogP contribution in [0, 0.1) is 5.41 Å². The van der Waals surface area contributed by atoms with E-state index in [1.165, 1.54) is 0 Å². The van der Waals surface area contributed by atoms with Crippen LogP contribution < -0.4 is 0 Å². The lowest BCUT2D eigenvalue weighted by Gasteiger charge is -2.28. The summed E-state index contributed by atoms with van der Waals surface area (Å²) in [4.78, 5) is 11.5. The van der Waals surface area contributed by atoms with Gasteiger partial charge in [0.05, 0.1) is 5.41 Å². The van der Waals surface area contributed by atoms with Crippen molar-refractivity contribution in [2.75, 3.05) is 6.67 Å². The zero-order valence-corrected chi connectivity index (χ0v) is 9.11. The van der Waals surface area contributed by atoms with Gasteiger partial charge >= 0.3 is 5.97 Å². The number of halogens is 1. The van der Waals surface area contributed by atoms with Gasteiger partial charge in [-0.05, 0) is 34.1 Å².